The molecule has 5 N–H and O–H groups in total. The van der Waals surface area contributed by atoms with Crippen LogP contribution >= 0.6 is 11.6 Å². The number of Topliss-reactive ketones (excluding diaryl/α,β-unsaturated/α-hetero) is 1. The molecule has 0 spiro atoms. The smallest absolute Gasteiger partial charge is 0.293 e. The molecule has 1 aliphatic rings. The number of aryl methyl sites for hydroxylation is 1. The van der Waals surface area contributed by atoms with Crippen molar-refractivity contribution in [2.45, 2.75) is 38.3 Å². The van der Waals surface area contributed by atoms with E-state index in [-0.39, 0.29) is 18.6 Å². The summed E-state index contributed by atoms with van der Waals surface area (Å²) in [5, 5.41) is 21.9. The second-order valence-electron chi connectivity index (χ2n) is 13.4. The fourth-order valence-corrected chi connectivity index (χ4v) is 6.53. The molecule has 4 aromatic rings. The summed E-state index contributed by atoms with van der Waals surface area (Å²) in [6.07, 6.45) is 1.32. The summed E-state index contributed by atoms with van der Waals surface area (Å²) in [6, 6.07) is 21.5. The number of ketones is 1. The van der Waals surface area contributed by atoms with Crippen LogP contribution < -0.4 is 21.3 Å². The highest BCUT2D eigenvalue weighted by Gasteiger charge is 2.31. The van der Waals surface area contributed by atoms with E-state index in [9.17, 15) is 38.7 Å². The molecule has 4 bridgehead atoms. The second-order valence-corrected chi connectivity index (χ2v) is 13.8. The lowest BCUT2D eigenvalue weighted by Gasteiger charge is -2.29. The monoisotopic (exact) mass is 795 g/mol. The summed E-state index contributed by atoms with van der Waals surface area (Å²) >= 11 is 6.00. The molecule has 0 saturated heterocycles. The number of likely N-dealkylation sites (N-methyl/N-ethyl adjacent to an activating group) is 1. The quantitative estimate of drug-likeness (QED) is 0.126. The number of rotatable bonds is 13. The van der Waals surface area contributed by atoms with Crippen molar-refractivity contribution in [2.75, 3.05) is 33.3 Å². The lowest BCUT2D eigenvalue weighted by atomic mass is 9.90. The topological polar surface area (TPSA) is 200 Å². The van der Waals surface area contributed by atoms with Crippen LogP contribution in [0, 0.1) is 0 Å². The molecule has 5 rings (SSSR count). The van der Waals surface area contributed by atoms with Gasteiger partial charge in [-0.1, -0.05) is 67.4 Å². The van der Waals surface area contributed by atoms with Crippen molar-refractivity contribution in [2.24, 2.45) is 0 Å². The predicted octanol–water partition coefficient (Wildman–Crippen LogP) is 3.28. The lowest BCUT2D eigenvalue weighted by Crippen LogP contribution is -2.52. The Morgan fingerprint density at radius 3 is 2.30 bits per heavy atom. The van der Waals surface area contributed by atoms with Gasteiger partial charge in [0.25, 0.3) is 12.4 Å². The minimum Gasteiger partial charge on any atom is -0.507 e. The van der Waals surface area contributed by atoms with Gasteiger partial charge in [0.15, 0.2) is 12.4 Å². The zero-order valence-corrected chi connectivity index (χ0v) is 32.1. The van der Waals surface area contributed by atoms with E-state index in [0.29, 0.717) is 39.3 Å². The zero-order chi connectivity index (χ0) is 41.1. The zero-order valence-electron chi connectivity index (χ0n) is 31.3. The van der Waals surface area contributed by atoms with E-state index in [1.165, 1.54) is 18.0 Å². The molecule has 2 atom stereocenters. The average molecular weight is 796 g/mol. The van der Waals surface area contributed by atoms with Crippen LogP contribution in [0.4, 0.5) is 0 Å². The van der Waals surface area contributed by atoms with Gasteiger partial charge in [0.05, 0.1) is 19.6 Å². The fraction of sp³-hybridized carbons (Fsp3) is 0.262. The number of nitrogens with zero attached hydrogens (tertiary/aromatic N) is 1. The Hall–Kier alpha value is -6.54. The highest BCUT2D eigenvalue weighted by atomic mass is 35.5. The van der Waals surface area contributed by atoms with Crippen molar-refractivity contribution in [1.29, 1.82) is 0 Å². The number of benzene rings is 4. The number of hydrogen-bond donors (Lipinski definition) is 5. The van der Waals surface area contributed by atoms with E-state index in [0.717, 1.165) is 23.1 Å². The summed E-state index contributed by atoms with van der Waals surface area (Å²) in [7, 11) is 1.41. The van der Waals surface area contributed by atoms with Crippen molar-refractivity contribution in [3.05, 3.63) is 112 Å². The first-order valence-corrected chi connectivity index (χ1v) is 18.5. The number of ether oxygens (including phenoxy) is 1. The first-order chi connectivity index (χ1) is 27.4. The molecule has 1 heterocycles. The van der Waals surface area contributed by atoms with Gasteiger partial charge in [-0.3, -0.25) is 33.6 Å². The fourth-order valence-electron chi connectivity index (χ4n) is 6.40. The highest BCUT2D eigenvalue weighted by Crippen LogP contribution is 2.36. The van der Waals surface area contributed by atoms with Gasteiger partial charge in [-0.2, -0.15) is 0 Å². The second kappa shape index (κ2) is 19.4. The molecule has 0 fully saturated rings. The minimum absolute atomic E-state index is 0.0429. The van der Waals surface area contributed by atoms with Gasteiger partial charge in [0, 0.05) is 29.6 Å². The van der Waals surface area contributed by atoms with Crippen molar-refractivity contribution in [3.8, 4) is 28.0 Å². The Balaban J connectivity index is 1.41. The minimum atomic E-state index is -1.29. The Bertz CT molecular complexity index is 2160. The van der Waals surface area contributed by atoms with E-state index in [1.54, 1.807) is 60.7 Å². The molecule has 296 valence electrons. The van der Waals surface area contributed by atoms with Crippen LogP contribution in [0.3, 0.4) is 0 Å². The molecule has 57 heavy (non-hydrogen) atoms. The standard InChI is InChI=1S/C42H42ClN5O9/c1-3-4-28-8-11-30-19-33(28)34-17-25(5-16-36(34)51)18-35(41(55)44-20-32(50)23-57-24-49)47-37(52)21-45-42(56)39(30)48(2)38(53)22-46-40(54)29-9-6-26(7-10-29)27-12-14-31(43)15-13-27/h5-17,19,24,35,39,51H,3-4,18,20-23H2,1-2H3,(H,44,55)(H,45,56)(H,46,54)(H,47,52). The molecular weight excluding hydrogens is 754 g/mol. The summed E-state index contributed by atoms with van der Waals surface area (Å²) in [6.45, 7) is 0.0598. The predicted molar refractivity (Wildman–Crippen MR) is 211 cm³/mol. The first-order valence-electron chi connectivity index (χ1n) is 18.1. The van der Waals surface area contributed by atoms with Gasteiger partial charge in [-0.15, -0.1) is 0 Å². The summed E-state index contributed by atoms with van der Waals surface area (Å²) in [4.78, 5) is 90.9. The average Bonchev–Trinajstić information content (AvgIpc) is 3.21. The molecule has 2 unspecified atom stereocenters. The molecular formula is C42H42ClN5O9. The number of phenols is 1. The van der Waals surface area contributed by atoms with Crippen LogP contribution in [-0.4, -0.2) is 91.1 Å². The van der Waals surface area contributed by atoms with Crippen molar-refractivity contribution < 1.29 is 43.4 Å². The summed E-state index contributed by atoms with van der Waals surface area (Å²) in [5.74, 6) is -3.97. The van der Waals surface area contributed by atoms with E-state index >= 15 is 0 Å². The number of hydrogen-bond acceptors (Lipinski definition) is 9. The van der Waals surface area contributed by atoms with Gasteiger partial charge in [0.1, 0.15) is 17.8 Å². The van der Waals surface area contributed by atoms with Crippen molar-refractivity contribution >= 4 is 53.4 Å². The molecule has 14 nitrogen and oxygen atoms in total. The Kier molecular flexibility index (Phi) is 14.1. The molecule has 4 aromatic carbocycles. The van der Waals surface area contributed by atoms with E-state index in [4.69, 9.17) is 11.6 Å². The highest BCUT2D eigenvalue weighted by molar-refractivity contribution is 6.30. The number of amides is 5. The lowest BCUT2D eigenvalue weighted by molar-refractivity contribution is -0.139. The molecule has 15 heteroatoms. The van der Waals surface area contributed by atoms with Gasteiger partial charge < -0.3 is 36.0 Å². The van der Waals surface area contributed by atoms with Crippen LogP contribution in [-0.2, 0) is 46.3 Å². The van der Waals surface area contributed by atoms with E-state index in [1.807, 2.05) is 25.1 Å². The maximum atomic E-state index is 14.0. The molecule has 0 aromatic heterocycles. The third kappa shape index (κ3) is 10.8. The van der Waals surface area contributed by atoms with Gasteiger partial charge in [0.2, 0.25) is 23.6 Å². The maximum Gasteiger partial charge on any atom is 0.293 e. The summed E-state index contributed by atoms with van der Waals surface area (Å²) < 4.78 is 4.44. The molecule has 5 amide bonds. The molecule has 0 saturated carbocycles. The maximum absolute atomic E-state index is 14.0. The molecule has 0 aliphatic carbocycles. The van der Waals surface area contributed by atoms with Gasteiger partial charge >= 0.3 is 0 Å². The van der Waals surface area contributed by atoms with Crippen LogP contribution in [0.15, 0.2) is 84.9 Å². The molecule has 1 aliphatic heterocycles. The number of halogens is 1. The van der Waals surface area contributed by atoms with Crippen LogP contribution in [0.2, 0.25) is 5.02 Å². The summed E-state index contributed by atoms with van der Waals surface area (Å²) in [5.41, 5.74) is 4.86. The van der Waals surface area contributed by atoms with Crippen molar-refractivity contribution in [3.63, 3.8) is 0 Å². The normalized spacial score (nSPS) is 15.2. The van der Waals surface area contributed by atoms with Crippen LogP contribution in [0.25, 0.3) is 22.3 Å². The third-order valence-corrected chi connectivity index (χ3v) is 9.61. The number of phenolic OH excluding ortho intramolecular Hbond substituents is 1. The largest absolute Gasteiger partial charge is 0.507 e. The van der Waals surface area contributed by atoms with Gasteiger partial charge in [-0.05, 0) is 82.3 Å². The Morgan fingerprint density at radius 1 is 0.912 bits per heavy atom. The SMILES string of the molecule is CCCc1ccc2cc1-c1cc(ccc1O)CC(C(=O)NCC(=O)COC=O)NC(=O)CNC(=O)C2N(C)C(=O)CNC(=O)c1ccc(-c2ccc(Cl)cc2)cc1. The Labute approximate surface area is 333 Å². The number of aromatic hydroxyl groups is 1. The molecule has 0 radical (unpaired) electrons. The number of fused-ring (bicyclic) bond motifs is 5. The first kappa shape index (κ1) is 41.6. The van der Waals surface area contributed by atoms with Crippen LogP contribution in [0.5, 0.6) is 5.75 Å². The van der Waals surface area contributed by atoms with E-state index < -0.39 is 73.6 Å². The Morgan fingerprint density at radius 2 is 1.61 bits per heavy atom. The van der Waals surface area contributed by atoms with Gasteiger partial charge in [-0.25, -0.2) is 0 Å². The van der Waals surface area contributed by atoms with E-state index in [2.05, 4.69) is 26.0 Å². The number of carbonyl (C=O) groups excluding carboxylic acids is 7. The number of carbonyl (C=O) groups is 7. The number of nitrogens with one attached hydrogen (secondary N) is 4. The third-order valence-electron chi connectivity index (χ3n) is 9.36. The van der Waals surface area contributed by atoms with Crippen molar-refractivity contribution in [1.82, 2.24) is 26.2 Å². The van der Waals surface area contributed by atoms with Crippen LogP contribution in [0.1, 0.15) is 46.4 Å².